The second-order valence-corrected chi connectivity index (χ2v) is 7.63. The van der Waals surface area contributed by atoms with E-state index in [9.17, 15) is 14.4 Å². The van der Waals surface area contributed by atoms with Gasteiger partial charge in [-0.15, -0.1) is 0 Å². The standard InChI is InChI=1S/C19H15BrN2O4S/c20-14-6-4-12(5-7-14)10-22-18(24)16(27-19(22)25)9-13-2-1-3-15(8-13)26-11-17(21)23/h1-9H,10-11H2,(H2,21,23)/b16-9-. The van der Waals surface area contributed by atoms with E-state index < -0.39 is 5.91 Å². The number of hydrogen-bond acceptors (Lipinski definition) is 5. The SMILES string of the molecule is NC(=O)COc1cccc(/C=C2\SC(=O)N(Cc3ccc(Br)cc3)C2=O)c1. The second-order valence-electron chi connectivity index (χ2n) is 5.72. The molecule has 27 heavy (non-hydrogen) atoms. The number of benzene rings is 2. The number of primary amides is 1. The van der Waals surface area contributed by atoms with E-state index in [1.807, 2.05) is 24.3 Å². The number of rotatable bonds is 6. The van der Waals surface area contributed by atoms with Crippen LogP contribution < -0.4 is 10.5 Å². The first-order valence-corrected chi connectivity index (χ1v) is 9.54. The maximum Gasteiger partial charge on any atom is 0.293 e. The molecular weight excluding hydrogens is 432 g/mol. The number of imide groups is 1. The molecule has 1 aliphatic heterocycles. The molecule has 0 spiro atoms. The summed E-state index contributed by atoms with van der Waals surface area (Å²) in [7, 11) is 0. The molecule has 0 radical (unpaired) electrons. The smallest absolute Gasteiger partial charge is 0.293 e. The van der Waals surface area contributed by atoms with Crippen LogP contribution in [0.1, 0.15) is 11.1 Å². The van der Waals surface area contributed by atoms with Crippen LogP contribution in [0.2, 0.25) is 0 Å². The normalized spacial score (nSPS) is 15.4. The highest BCUT2D eigenvalue weighted by Gasteiger charge is 2.34. The van der Waals surface area contributed by atoms with Crippen molar-refractivity contribution in [2.75, 3.05) is 6.61 Å². The number of carbonyl (C=O) groups excluding carboxylic acids is 3. The molecule has 8 heteroatoms. The summed E-state index contributed by atoms with van der Waals surface area (Å²) < 4.78 is 6.18. The van der Waals surface area contributed by atoms with Gasteiger partial charge in [-0.1, -0.05) is 40.2 Å². The van der Waals surface area contributed by atoms with E-state index in [2.05, 4.69) is 15.9 Å². The minimum Gasteiger partial charge on any atom is -0.484 e. The van der Waals surface area contributed by atoms with E-state index >= 15 is 0 Å². The molecule has 3 rings (SSSR count). The Balaban J connectivity index is 1.75. The van der Waals surface area contributed by atoms with Crippen LogP contribution in [0.25, 0.3) is 6.08 Å². The van der Waals surface area contributed by atoms with Gasteiger partial charge in [0.15, 0.2) is 6.61 Å². The summed E-state index contributed by atoms with van der Waals surface area (Å²) in [4.78, 5) is 37.2. The number of nitrogens with two attached hydrogens (primary N) is 1. The summed E-state index contributed by atoms with van der Waals surface area (Å²) in [6.07, 6.45) is 1.63. The summed E-state index contributed by atoms with van der Waals surface area (Å²) in [6, 6.07) is 14.3. The molecule has 6 nitrogen and oxygen atoms in total. The molecule has 0 saturated carbocycles. The zero-order valence-electron chi connectivity index (χ0n) is 14.1. The van der Waals surface area contributed by atoms with Crippen molar-refractivity contribution in [1.82, 2.24) is 4.90 Å². The third kappa shape index (κ3) is 4.99. The van der Waals surface area contributed by atoms with Crippen molar-refractivity contribution in [2.45, 2.75) is 6.54 Å². The highest BCUT2D eigenvalue weighted by Crippen LogP contribution is 2.33. The van der Waals surface area contributed by atoms with Gasteiger partial charge in [0.05, 0.1) is 11.4 Å². The van der Waals surface area contributed by atoms with Crippen LogP contribution in [-0.2, 0) is 16.1 Å². The lowest BCUT2D eigenvalue weighted by Gasteiger charge is -2.12. The zero-order chi connectivity index (χ0) is 19.4. The van der Waals surface area contributed by atoms with Crippen LogP contribution in [0.15, 0.2) is 57.9 Å². The Hall–Kier alpha value is -2.58. The van der Waals surface area contributed by atoms with Gasteiger partial charge >= 0.3 is 0 Å². The van der Waals surface area contributed by atoms with Crippen molar-refractivity contribution in [3.05, 3.63) is 69.0 Å². The Labute approximate surface area is 168 Å². The van der Waals surface area contributed by atoms with Crippen LogP contribution in [0.4, 0.5) is 4.79 Å². The number of thioether (sulfide) groups is 1. The predicted octanol–water partition coefficient (Wildman–Crippen LogP) is 3.55. The number of halogens is 1. The van der Waals surface area contributed by atoms with E-state index in [1.165, 1.54) is 4.90 Å². The van der Waals surface area contributed by atoms with Crippen molar-refractivity contribution < 1.29 is 19.1 Å². The number of ether oxygens (including phenoxy) is 1. The first-order chi connectivity index (χ1) is 12.9. The molecule has 0 unspecified atom stereocenters. The van der Waals surface area contributed by atoms with Crippen molar-refractivity contribution in [1.29, 1.82) is 0 Å². The predicted molar refractivity (Wildman–Crippen MR) is 107 cm³/mol. The maximum absolute atomic E-state index is 12.6. The van der Waals surface area contributed by atoms with Crippen LogP contribution in [0, 0.1) is 0 Å². The van der Waals surface area contributed by atoms with Crippen molar-refractivity contribution in [3.63, 3.8) is 0 Å². The molecule has 2 aromatic rings. The molecule has 2 aromatic carbocycles. The van der Waals surface area contributed by atoms with E-state index in [-0.39, 0.29) is 24.3 Å². The molecule has 1 saturated heterocycles. The van der Waals surface area contributed by atoms with Crippen LogP contribution >= 0.6 is 27.7 Å². The molecule has 3 amide bonds. The molecule has 1 fully saturated rings. The Morgan fingerprint density at radius 2 is 1.93 bits per heavy atom. The molecule has 0 aliphatic carbocycles. The largest absolute Gasteiger partial charge is 0.484 e. The van der Waals surface area contributed by atoms with Gasteiger partial charge in [-0.3, -0.25) is 19.3 Å². The highest BCUT2D eigenvalue weighted by atomic mass is 79.9. The molecule has 138 valence electrons. The monoisotopic (exact) mass is 446 g/mol. The summed E-state index contributed by atoms with van der Waals surface area (Å²) in [5.41, 5.74) is 6.61. The van der Waals surface area contributed by atoms with Crippen molar-refractivity contribution in [3.8, 4) is 5.75 Å². The first kappa shape index (κ1) is 19.2. The molecule has 1 heterocycles. The molecule has 1 aliphatic rings. The van der Waals surface area contributed by atoms with Gasteiger partial charge in [-0.25, -0.2) is 0 Å². The Morgan fingerprint density at radius 1 is 1.19 bits per heavy atom. The lowest BCUT2D eigenvalue weighted by atomic mass is 10.2. The maximum atomic E-state index is 12.6. The van der Waals surface area contributed by atoms with Crippen molar-refractivity contribution in [2.24, 2.45) is 5.73 Å². The Bertz CT molecular complexity index is 928. The number of carbonyl (C=O) groups is 3. The Morgan fingerprint density at radius 3 is 2.63 bits per heavy atom. The minimum absolute atomic E-state index is 0.219. The number of amides is 3. The summed E-state index contributed by atoms with van der Waals surface area (Å²) in [5, 5.41) is -0.310. The summed E-state index contributed by atoms with van der Waals surface area (Å²) in [6.45, 7) is -0.00971. The van der Waals surface area contributed by atoms with Crippen LogP contribution in [0.3, 0.4) is 0 Å². The second kappa shape index (κ2) is 8.41. The Kier molecular flexibility index (Phi) is 5.98. The van der Waals surface area contributed by atoms with Crippen LogP contribution in [0.5, 0.6) is 5.75 Å². The van der Waals surface area contributed by atoms with Crippen molar-refractivity contribution >= 4 is 50.8 Å². The number of hydrogen-bond donors (Lipinski definition) is 1. The van der Waals surface area contributed by atoms with E-state index in [0.29, 0.717) is 16.2 Å². The third-order valence-corrected chi connectivity index (χ3v) is 5.10. The van der Waals surface area contributed by atoms with Gasteiger partial charge in [-0.2, -0.15) is 0 Å². The lowest BCUT2D eigenvalue weighted by Crippen LogP contribution is -2.27. The molecule has 0 aromatic heterocycles. The van der Waals surface area contributed by atoms with Gasteiger partial charge in [0.1, 0.15) is 5.75 Å². The highest BCUT2D eigenvalue weighted by molar-refractivity contribution is 9.10. The van der Waals surface area contributed by atoms with Gasteiger partial charge in [-0.05, 0) is 53.2 Å². The first-order valence-electron chi connectivity index (χ1n) is 7.93. The minimum atomic E-state index is -0.575. The molecule has 2 N–H and O–H groups in total. The zero-order valence-corrected chi connectivity index (χ0v) is 16.5. The summed E-state index contributed by atoms with van der Waals surface area (Å²) in [5.74, 6) is -0.456. The fourth-order valence-electron chi connectivity index (χ4n) is 2.41. The van der Waals surface area contributed by atoms with Gasteiger partial charge in [0.25, 0.3) is 17.1 Å². The van der Waals surface area contributed by atoms with Gasteiger partial charge in [0, 0.05) is 4.47 Å². The molecule has 0 atom stereocenters. The molecular formula is C19H15BrN2O4S. The van der Waals surface area contributed by atoms with Gasteiger partial charge < -0.3 is 10.5 Å². The fraction of sp³-hybridized carbons (Fsp3) is 0.105. The van der Waals surface area contributed by atoms with E-state index in [0.717, 1.165) is 21.8 Å². The molecule has 0 bridgehead atoms. The van der Waals surface area contributed by atoms with Gasteiger partial charge in [0.2, 0.25) is 0 Å². The van der Waals surface area contributed by atoms with E-state index in [1.54, 1.807) is 30.3 Å². The van der Waals surface area contributed by atoms with E-state index in [4.69, 9.17) is 10.5 Å². The van der Waals surface area contributed by atoms with Crippen LogP contribution in [-0.4, -0.2) is 28.6 Å². The number of nitrogens with zero attached hydrogens (tertiary/aromatic N) is 1. The lowest BCUT2D eigenvalue weighted by molar-refractivity contribution is -0.123. The quantitative estimate of drug-likeness (QED) is 0.685. The average Bonchev–Trinajstić information content (AvgIpc) is 2.89. The fourth-order valence-corrected chi connectivity index (χ4v) is 3.51. The average molecular weight is 447 g/mol. The topological polar surface area (TPSA) is 89.7 Å². The third-order valence-electron chi connectivity index (χ3n) is 3.66. The summed E-state index contributed by atoms with van der Waals surface area (Å²) >= 11 is 4.25.